The largest absolute Gasteiger partial charge is 0.457 e. The molecule has 2 unspecified atom stereocenters. The SMILES string of the molecule is OC1(c2ccoc2Br)C2CCCC21. The summed E-state index contributed by atoms with van der Waals surface area (Å²) in [5, 5.41) is 10.4. The van der Waals surface area contributed by atoms with Gasteiger partial charge in [0.2, 0.25) is 0 Å². The Morgan fingerprint density at radius 1 is 1.46 bits per heavy atom. The van der Waals surface area contributed by atoms with Crippen molar-refractivity contribution < 1.29 is 9.52 Å². The van der Waals surface area contributed by atoms with E-state index in [0.29, 0.717) is 16.5 Å². The van der Waals surface area contributed by atoms with Gasteiger partial charge in [-0.2, -0.15) is 0 Å². The van der Waals surface area contributed by atoms with Crippen LogP contribution in [0.2, 0.25) is 0 Å². The first-order valence-corrected chi connectivity index (χ1v) is 5.49. The maximum Gasteiger partial charge on any atom is 0.175 e. The van der Waals surface area contributed by atoms with E-state index >= 15 is 0 Å². The summed E-state index contributed by atoms with van der Waals surface area (Å²) in [4.78, 5) is 0. The van der Waals surface area contributed by atoms with Gasteiger partial charge in [-0.1, -0.05) is 6.42 Å². The Morgan fingerprint density at radius 2 is 2.15 bits per heavy atom. The lowest BCUT2D eigenvalue weighted by Gasteiger charge is -2.12. The highest BCUT2D eigenvalue weighted by molar-refractivity contribution is 9.10. The third-order valence-corrected chi connectivity index (χ3v) is 4.20. The first kappa shape index (κ1) is 8.06. The Bertz CT molecular complexity index is 334. The molecule has 2 aliphatic rings. The highest BCUT2D eigenvalue weighted by Gasteiger charge is 2.67. The van der Waals surface area contributed by atoms with Gasteiger partial charge in [0, 0.05) is 5.56 Å². The predicted molar refractivity (Wildman–Crippen MR) is 51.1 cm³/mol. The Labute approximate surface area is 85.1 Å². The molecule has 70 valence electrons. The zero-order valence-corrected chi connectivity index (χ0v) is 8.75. The van der Waals surface area contributed by atoms with Crippen LogP contribution in [0.3, 0.4) is 0 Å². The lowest BCUT2D eigenvalue weighted by molar-refractivity contribution is 0.104. The second-order valence-corrected chi connectivity index (χ2v) is 4.80. The fourth-order valence-electron chi connectivity index (χ4n) is 2.90. The summed E-state index contributed by atoms with van der Waals surface area (Å²) in [5.41, 5.74) is 0.381. The van der Waals surface area contributed by atoms with E-state index in [2.05, 4.69) is 15.9 Å². The first-order chi connectivity index (χ1) is 6.24. The average molecular weight is 243 g/mol. The fourth-order valence-corrected chi connectivity index (χ4v) is 3.46. The smallest absolute Gasteiger partial charge is 0.175 e. The molecular formula is C10H11BrO2. The standard InChI is InChI=1S/C10H11BrO2/c11-9-8(4-5-13-9)10(12)6-2-1-3-7(6)10/h4-7,12H,1-3H2. The van der Waals surface area contributed by atoms with E-state index in [1.165, 1.54) is 19.3 Å². The molecular weight excluding hydrogens is 232 g/mol. The molecule has 0 aromatic carbocycles. The summed E-state index contributed by atoms with van der Waals surface area (Å²) in [6, 6.07) is 1.88. The van der Waals surface area contributed by atoms with Crippen LogP contribution in [0.1, 0.15) is 24.8 Å². The molecule has 0 saturated heterocycles. The van der Waals surface area contributed by atoms with E-state index in [0.717, 1.165) is 5.56 Å². The van der Waals surface area contributed by atoms with Crippen molar-refractivity contribution in [1.29, 1.82) is 0 Å². The summed E-state index contributed by atoms with van der Waals surface area (Å²) in [6.07, 6.45) is 5.23. The van der Waals surface area contributed by atoms with Crippen molar-refractivity contribution in [3.05, 3.63) is 22.6 Å². The summed E-state index contributed by atoms with van der Waals surface area (Å²) in [5.74, 6) is 0.975. The molecule has 3 heteroatoms. The van der Waals surface area contributed by atoms with Gasteiger partial charge in [-0.3, -0.25) is 0 Å². The van der Waals surface area contributed by atoms with E-state index in [9.17, 15) is 5.11 Å². The molecule has 2 atom stereocenters. The molecule has 2 nitrogen and oxygen atoms in total. The highest BCUT2D eigenvalue weighted by atomic mass is 79.9. The topological polar surface area (TPSA) is 33.4 Å². The fraction of sp³-hybridized carbons (Fsp3) is 0.600. The van der Waals surface area contributed by atoms with E-state index in [4.69, 9.17) is 4.42 Å². The second-order valence-electron chi connectivity index (χ2n) is 4.08. The van der Waals surface area contributed by atoms with Crippen LogP contribution in [0.25, 0.3) is 0 Å². The zero-order valence-electron chi connectivity index (χ0n) is 7.16. The average Bonchev–Trinajstić information content (AvgIpc) is 2.61. The number of furan rings is 1. The van der Waals surface area contributed by atoms with Crippen LogP contribution in [0.15, 0.2) is 21.4 Å². The molecule has 0 radical (unpaired) electrons. The molecule has 0 aliphatic heterocycles. The Balaban J connectivity index is 1.99. The van der Waals surface area contributed by atoms with Crippen LogP contribution >= 0.6 is 15.9 Å². The molecule has 2 saturated carbocycles. The van der Waals surface area contributed by atoms with Gasteiger partial charge in [0.1, 0.15) is 5.60 Å². The van der Waals surface area contributed by atoms with Gasteiger partial charge in [-0.05, 0) is 46.7 Å². The normalized spacial score (nSPS) is 42.0. The number of aliphatic hydroxyl groups is 1. The summed E-state index contributed by atoms with van der Waals surface area (Å²) >= 11 is 3.32. The molecule has 0 spiro atoms. The number of fused-ring (bicyclic) bond motifs is 1. The highest BCUT2D eigenvalue weighted by Crippen LogP contribution is 2.67. The molecule has 1 heterocycles. The van der Waals surface area contributed by atoms with Gasteiger partial charge < -0.3 is 9.52 Å². The molecule has 1 aromatic rings. The van der Waals surface area contributed by atoms with E-state index < -0.39 is 5.60 Å². The number of halogens is 1. The molecule has 0 bridgehead atoms. The minimum Gasteiger partial charge on any atom is -0.457 e. The predicted octanol–water partition coefficient (Wildman–Crippen LogP) is 2.66. The third-order valence-electron chi connectivity index (χ3n) is 3.59. The molecule has 0 amide bonds. The zero-order chi connectivity index (χ0) is 9.05. The summed E-state index contributed by atoms with van der Waals surface area (Å²) in [6.45, 7) is 0. The van der Waals surface area contributed by atoms with Crippen LogP contribution in [-0.2, 0) is 5.60 Å². The van der Waals surface area contributed by atoms with Crippen molar-refractivity contribution in [3.63, 3.8) is 0 Å². The van der Waals surface area contributed by atoms with Crippen molar-refractivity contribution in [3.8, 4) is 0 Å². The maximum absolute atomic E-state index is 10.4. The Hall–Kier alpha value is -0.280. The van der Waals surface area contributed by atoms with Crippen molar-refractivity contribution in [2.45, 2.75) is 24.9 Å². The van der Waals surface area contributed by atoms with Crippen LogP contribution in [0, 0.1) is 11.8 Å². The van der Waals surface area contributed by atoms with Gasteiger partial charge in [0.15, 0.2) is 4.67 Å². The van der Waals surface area contributed by atoms with Gasteiger partial charge in [0.05, 0.1) is 6.26 Å². The van der Waals surface area contributed by atoms with Gasteiger partial charge >= 0.3 is 0 Å². The van der Waals surface area contributed by atoms with Crippen LogP contribution in [-0.4, -0.2) is 5.11 Å². The maximum atomic E-state index is 10.4. The van der Waals surface area contributed by atoms with E-state index in [-0.39, 0.29) is 0 Å². The van der Waals surface area contributed by atoms with E-state index in [1.54, 1.807) is 6.26 Å². The van der Waals surface area contributed by atoms with Gasteiger partial charge in [0.25, 0.3) is 0 Å². The van der Waals surface area contributed by atoms with Crippen molar-refractivity contribution in [1.82, 2.24) is 0 Å². The van der Waals surface area contributed by atoms with Crippen LogP contribution in [0.4, 0.5) is 0 Å². The molecule has 1 aromatic heterocycles. The van der Waals surface area contributed by atoms with Gasteiger partial charge in [-0.15, -0.1) is 0 Å². The summed E-state index contributed by atoms with van der Waals surface area (Å²) < 4.78 is 5.85. The monoisotopic (exact) mass is 242 g/mol. The number of hydrogen-bond donors (Lipinski definition) is 1. The summed E-state index contributed by atoms with van der Waals surface area (Å²) in [7, 11) is 0. The van der Waals surface area contributed by atoms with Gasteiger partial charge in [-0.25, -0.2) is 0 Å². The molecule has 1 N–H and O–H groups in total. The van der Waals surface area contributed by atoms with Crippen molar-refractivity contribution >= 4 is 15.9 Å². The lowest BCUT2D eigenvalue weighted by atomic mass is 10.0. The van der Waals surface area contributed by atoms with Crippen molar-refractivity contribution in [2.24, 2.45) is 11.8 Å². The Kier molecular flexibility index (Phi) is 1.48. The Morgan fingerprint density at radius 3 is 2.69 bits per heavy atom. The lowest BCUT2D eigenvalue weighted by Crippen LogP contribution is -2.12. The molecule has 3 rings (SSSR count). The minimum atomic E-state index is -0.565. The van der Waals surface area contributed by atoms with Crippen molar-refractivity contribution in [2.75, 3.05) is 0 Å². The van der Waals surface area contributed by atoms with Crippen LogP contribution < -0.4 is 0 Å². The minimum absolute atomic E-state index is 0.487. The quantitative estimate of drug-likeness (QED) is 0.822. The first-order valence-electron chi connectivity index (χ1n) is 4.70. The second kappa shape index (κ2) is 2.39. The van der Waals surface area contributed by atoms with E-state index in [1.807, 2.05) is 6.07 Å². The molecule has 2 fully saturated rings. The molecule has 13 heavy (non-hydrogen) atoms. The third kappa shape index (κ3) is 0.868. The molecule has 2 aliphatic carbocycles. The number of hydrogen-bond acceptors (Lipinski definition) is 2. The van der Waals surface area contributed by atoms with Crippen LogP contribution in [0.5, 0.6) is 0 Å². The number of rotatable bonds is 1.